The van der Waals surface area contributed by atoms with Crippen molar-refractivity contribution in [2.45, 2.75) is 175 Å². The van der Waals surface area contributed by atoms with Gasteiger partial charge >= 0.3 is 0 Å². The molecule has 3 aromatic carbocycles. The molecule has 3 aromatic rings. The van der Waals surface area contributed by atoms with Crippen LogP contribution in [0.4, 0.5) is 0 Å². The van der Waals surface area contributed by atoms with Crippen molar-refractivity contribution in [3.63, 3.8) is 0 Å². The molecule has 0 radical (unpaired) electrons. The Balaban J connectivity index is 0.00000592. The molecule has 0 aromatic heterocycles. The Morgan fingerprint density at radius 2 is 0.455 bits per heavy atom. The Morgan fingerprint density at radius 3 is 0.606 bits per heavy atom. The Morgan fingerprint density at radius 1 is 0.303 bits per heavy atom. The van der Waals surface area contributed by atoms with E-state index in [9.17, 15) is 15.3 Å². The number of rotatable bonds is 15. The van der Waals surface area contributed by atoms with Gasteiger partial charge in [0.25, 0.3) is 0 Å². The largest absolute Gasteiger partial charge is 0.507 e. The van der Waals surface area contributed by atoms with Crippen LogP contribution in [0.5, 0.6) is 17.2 Å². The molecule has 364 valence electrons. The highest BCUT2D eigenvalue weighted by Gasteiger charge is 2.37. The second-order valence-corrected chi connectivity index (χ2v) is 21.6. The molecule has 6 aliphatic heterocycles. The molecule has 6 fully saturated rings. The maximum absolute atomic E-state index is 12.4. The van der Waals surface area contributed by atoms with E-state index in [1.165, 1.54) is 132 Å². The van der Waals surface area contributed by atoms with Crippen LogP contribution in [0.3, 0.4) is 0 Å². The summed E-state index contributed by atoms with van der Waals surface area (Å²) in [6.45, 7) is 19.7. The van der Waals surface area contributed by atoms with Gasteiger partial charge in [-0.2, -0.15) is 0 Å². The van der Waals surface area contributed by atoms with Gasteiger partial charge in [-0.05, 0) is 216 Å². The van der Waals surface area contributed by atoms with Crippen LogP contribution in [0.2, 0.25) is 0 Å². The predicted molar refractivity (Wildman–Crippen MR) is 271 cm³/mol. The number of benzene rings is 3. The predicted octanol–water partition coefficient (Wildman–Crippen LogP) is 10.7. The summed E-state index contributed by atoms with van der Waals surface area (Å²) >= 11 is 0. The number of piperidine rings is 6. The summed E-state index contributed by atoms with van der Waals surface area (Å²) in [5.41, 5.74) is 9.13. The van der Waals surface area contributed by atoms with Crippen molar-refractivity contribution in [1.82, 2.24) is 29.4 Å². The van der Waals surface area contributed by atoms with E-state index in [-0.39, 0.29) is 7.43 Å². The quantitative estimate of drug-likeness (QED) is 0.129. The zero-order valence-corrected chi connectivity index (χ0v) is 40.4. The highest BCUT2D eigenvalue weighted by atomic mass is 16.3. The second kappa shape index (κ2) is 23.4. The summed E-state index contributed by atoms with van der Waals surface area (Å²) < 4.78 is 0. The van der Waals surface area contributed by atoms with Crippen molar-refractivity contribution in [2.75, 3.05) is 78.5 Å². The van der Waals surface area contributed by atoms with Crippen LogP contribution in [0.25, 0.3) is 0 Å². The summed E-state index contributed by atoms with van der Waals surface area (Å²) in [6.07, 6.45) is 22.2. The molecule has 66 heavy (non-hydrogen) atoms. The van der Waals surface area contributed by atoms with E-state index in [4.69, 9.17) is 0 Å². The van der Waals surface area contributed by atoms with E-state index in [2.05, 4.69) is 72.7 Å². The molecule has 9 heteroatoms. The number of phenolic OH excluding ortho intramolecular Hbond substituents is 3. The fourth-order valence-corrected chi connectivity index (χ4v) is 12.5. The Hall–Kier alpha value is -3.18. The summed E-state index contributed by atoms with van der Waals surface area (Å²) in [4.78, 5) is 15.4. The summed E-state index contributed by atoms with van der Waals surface area (Å²) in [5, 5.41) is 37.3. The van der Waals surface area contributed by atoms with Gasteiger partial charge in [0, 0.05) is 78.1 Å². The highest BCUT2D eigenvalue weighted by molar-refractivity contribution is 5.60. The van der Waals surface area contributed by atoms with Crippen molar-refractivity contribution in [1.29, 1.82) is 0 Å². The van der Waals surface area contributed by atoms with Gasteiger partial charge in [0.05, 0.1) is 0 Å². The fraction of sp³-hybridized carbons (Fsp3) is 0.684. The molecule has 0 unspecified atom stereocenters. The molecular formula is C57H88N6O3. The maximum Gasteiger partial charge on any atom is 0.124 e. The van der Waals surface area contributed by atoms with E-state index < -0.39 is 5.41 Å². The molecule has 9 rings (SSSR count). The third-order valence-electron chi connectivity index (χ3n) is 16.6. The van der Waals surface area contributed by atoms with E-state index in [0.717, 1.165) is 151 Å². The van der Waals surface area contributed by atoms with Crippen molar-refractivity contribution in [3.8, 4) is 17.2 Å². The van der Waals surface area contributed by atoms with Gasteiger partial charge < -0.3 is 15.3 Å². The van der Waals surface area contributed by atoms with E-state index in [0.29, 0.717) is 17.2 Å². The van der Waals surface area contributed by atoms with Crippen LogP contribution in [-0.4, -0.2) is 123 Å². The maximum atomic E-state index is 12.4. The van der Waals surface area contributed by atoms with E-state index >= 15 is 0 Å². The topological polar surface area (TPSA) is 80.1 Å². The smallest absolute Gasteiger partial charge is 0.124 e. The fourth-order valence-electron chi connectivity index (χ4n) is 12.5. The van der Waals surface area contributed by atoms with Gasteiger partial charge in [-0.3, -0.25) is 29.4 Å². The number of likely N-dealkylation sites (tertiary alicyclic amines) is 6. The summed E-state index contributed by atoms with van der Waals surface area (Å²) in [5.74, 6) is 1.41. The van der Waals surface area contributed by atoms with Crippen LogP contribution in [-0.2, 0) is 44.7 Å². The molecule has 0 bridgehead atoms. The minimum absolute atomic E-state index is 0. The molecule has 9 nitrogen and oxygen atoms in total. The zero-order valence-electron chi connectivity index (χ0n) is 40.4. The minimum atomic E-state index is -0.664. The molecule has 0 amide bonds. The van der Waals surface area contributed by atoms with Crippen molar-refractivity contribution < 1.29 is 15.3 Å². The number of hydrogen-bond donors (Lipinski definition) is 3. The first-order chi connectivity index (χ1) is 31.8. The molecule has 6 aliphatic rings. The number of nitrogens with zero attached hydrogens (tertiary/aromatic N) is 6. The van der Waals surface area contributed by atoms with Gasteiger partial charge in [-0.15, -0.1) is 0 Å². The lowest BCUT2D eigenvalue weighted by atomic mass is 9.68. The zero-order chi connectivity index (χ0) is 44.6. The molecule has 3 N–H and O–H groups in total. The monoisotopic (exact) mass is 905 g/mol. The molecule has 6 saturated heterocycles. The van der Waals surface area contributed by atoms with Gasteiger partial charge in [-0.1, -0.05) is 46.0 Å². The molecular weight excluding hydrogens is 817 g/mol. The third-order valence-corrected chi connectivity index (χ3v) is 16.6. The van der Waals surface area contributed by atoms with Crippen molar-refractivity contribution >= 4 is 0 Å². The molecule has 6 heterocycles. The van der Waals surface area contributed by atoms with Gasteiger partial charge in [0.15, 0.2) is 0 Å². The molecule has 0 atom stereocenters. The number of hydrogen-bond acceptors (Lipinski definition) is 9. The Kier molecular flexibility index (Phi) is 17.5. The van der Waals surface area contributed by atoms with Gasteiger partial charge in [0.2, 0.25) is 0 Å². The lowest BCUT2D eigenvalue weighted by molar-refractivity contribution is 0.212. The molecule has 0 aliphatic carbocycles. The summed E-state index contributed by atoms with van der Waals surface area (Å²) in [6, 6.07) is 14.2. The number of phenols is 3. The lowest BCUT2D eigenvalue weighted by Gasteiger charge is -2.37. The lowest BCUT2D eigenvalue weighted by Crippen LogP contribution is -2.33. The first-order valence-corrected chi connectivity index (χ1v) is 26.7. The normalized spacial score (nSPS) is 21.8. The van der Waals surface area contributed by atoms with Crippen LogP contribution < -0.4 is 0 Å². The van der Waals surface area contributed by atoms with Gasteiger partial charge in [-0.25, -0.2) is 0 Å². The highest BCUT2D eigenvalue weighted by Crippen LogP contribution is 2.47. The van der Waals surface area contributed by atoms with Crippen LogP contribution in [0.15, 0.2) is 36.4 Å². The van der Waals surface area contributed by atoms with Gasteiger partial charge in [0.1, 0.15) is 17.2 Å². The standard InChI is InChI=1S/C56H84N6O3.CH4/c1-56(50-32-44(38-57-20-8-2-9-21-57)53(63)45(33-50)39-58-22-10-3-11-23-58,51-34-46(40-59-24-12-4-13-25-59)54(64)47(35-51)41-60-26-14-5-15-27-60)52-36-48(42-61-28-16-6-17-29-61)55(65)49(37-52)43-62-30-18-7-19-31-62;/h32-37,63-65H,2-31,38-43H2,1H3;1H4. The van der Waals surface area contributed by atoms with E-state index in [1.54, 1.807) is 0 Å². The Bertz CT molecular complexity index is 1650. The first-order valence-electron chi connectivity index (χ1n) is 26.7. The van der Waals surface area contributed by atoms with Crippen molar-refractivity contribution in [2.24, 2.45) is 0 Å². The van der Waals surface area contributed by atoms with E-state index in [1.807, 2.05) is 0 Å². The third kappa shape index (κ3) is 12.0. The number of aromatic hydroxyl groups is 3. The first kappa shape index (κ1) is 49.2. The molecule has 0 spiro atoms. The second-order valence-electron chi connectivity index (χ2n) is 21.6. The minimum Gasteiger partial charge on any atom is -0.507 e. The SMILES string of the molecule is C.CC(c1cc(CN2CCCCC2)c(O)c(CN2CCCCC2)c1)(c1cc(CN2CCCCC2)c(O)c(CN2CCCCC2)c1)c1cc(CN2CCCCC2)c(O)c(CN2CCCCC2)c1. The average Bonchev–Trinajstić information content (AvgIpc) is 3.34. The summed E-state index contributed by atoms with van der Waals surface area (Å²) in [7, 11) is 0. The van der Waals surface area contributed by atoms with Crippen LogP contribution in [0, 0.1) is 0 Å². The van der Waals surface area contributed by atoms with Crippen molar-refractivity contribution in [3.05, 3.63) is 86.5 Å². The van der Waals surface area contributed by atoms with Crippen LogP contribution in [0.1, 0.15) is 180 Å². The molecule has 0 saturated carbocycles. The Labute approximate surface area is 400 Å². The average molecular weight is 905 g/mol. The van der Waals surface area contributed by atoms with Crippen LogP contribution >= 0.6 is 0 Å².